The molecule has 0 saturated carbocycles. The Morgan fingerprint density at radius 2 is 2.13 bits per heavy atom. The van der Waals surface area contributed by atoms with Gasteiger partial charge in [-0.15, -0.1) is 0 Å². The molecule has 1 rings (SSSR count). The monoisotopic (exact) mass is 222 g/mol. The van der Waals surface area contributed by atoms with E-state index in [1.165, 1.54) is 13.2 Å². The van der Waals surface area contributed by atoms with Gasteiger partial charge in [0, 0.05) is 6.07 Å². The van der Waals surface area contributed by atoms with Crippen LogP contribution in [0.4, 0.5) is 24.9 Å². The van der Waals surface area contributed by atoms with Crippen LogP contribution in [0.1, 0.15) is 0 Å². The number of hydrogen-bond donors (Lipinski definition) is 2. The normalized spacial score (nSPS) is 11.2. The number of alkyl halides is 3. The Hall–Kier alpha value is -1.73. The summed E-state index contributed by atoms with van der Waals surface area (Å²) in [6.07, 6.45) is -4.31. The number of halogens is 3. The van der Waals surface area contributed by atoms with Crippen molar-refractivity contribution in [2.24, 2.45) is 0 Å². The van der Waals surface area contributed by atoms with Gasteiger partial charge in [-0.3, -0.25) is 0 Å². The van der Waals surface area contributed by atoms with Gasteiger partial charge in [0.05, 0.1) is 7.11 Å². The van der Waals surface area contributed by atoms with Crippen LogP contribution in [0, 0.1) is 0 Å². The molecule has 0 aliphatic carbocycles. The molecule has 0 spiro atoms. The van der Waals surface area contributed by atoms with E-state index in [0.29, 0.717) is 0 Å². The van der Waals surface area contributed by atoms with Crippen LogP contribution < -0.4 is 15.8 Å². The molecule has 0 aliphatic heterocycles. The number of hydrogen-bond acceptors (Lipinski definition) is 5. The molecule has 0 unspecified atom stereocenters. The summed E-state index contributed by atoms with van der Waals surface area (Å²) in [7, 11) is 1.33. The lowest BCUT2D eigenvalue weighted by Gasteiger charge is -2.09. The second kappa shape index (κ2) is 4.20. The van der Waals surface area contributed by atoms with Crippen LogP contribution in [0.2, 0.25) is 0 Å². The zero-order valence-electron chi connectivity index (χ0n) is 7.80. The summed E-state index contributed by atoms with van der Waals surface area (Å²) >= 11 is 0. The molecule has 84 valence electrons. The average Bonchev–Trinajstić information content (AvgIpc) is 2.13. The second-order valence-corrected chi connectivity index (χ2v) is 2.62. The summed E-state index contributed by atoms with van der Waals surface area (Å²) in [5, 5.41) is 2.06. The van der Waals surface area contributed by atoms with Gasteiger partial charge in [0.15, 0.2) is 0 Å². The van der Waals surface area contributed by atoms with E-state index in [-0.39, 0.29) is 17.6 Å². The van der Waals surface area contributed by atoms with Crippen LogP contribution in [-0.4, -0.2) is 29.8 Å². The zero-order valence-corrected chi connectivity index (χ0v) is 7.80. The van der Waals surface area contributed by atoms with E-state index in [4.69, 9.17) is 10.5 Å². The maximum atomic E-state index is 11.9. The number of nitrogens with one attached hydrogen (secondary N) is 1. The van der Waals surface area contributed by atoms with Crippen LogP contribution in [0.5, 0.6) is 5.88 Å². The Kier molecular flexibility index (Phi) is 3.17. The minimum atomic E-state index is -4.31. The Labute approximate surface area is 83.5 Å². The topological polar surface area (TPSA) is 73.1 Å². The summed E-state index contributed by atoms with van der Waals surface area (Å²) in [6, 6.07) is 1.22. The molecular formula is C7H9F3N4O. The third-order valence-corrected chi connectivity index (χ3v) is 1.40. The smallest absolute Gasteiger partial charge is 0.405 e. The largest absolute Gasteiger partial charge is 0.481 e. The number of ether oxygens (including phenoxy) is 1. The first-order chi connectivity index (χ1) is 6.90. The fraction of sp³-hybridized carbons (Fsp3) is 0.429. The van der Waals surface area contributed by atoms with Gasteiger partial charge in [0.25, 0.3) is 0 Å². The minimum Gasteiger partial charge on any atom is -0.481 e. The molecule has 0 fully saturated rings. The first-order valence-corrected chi connectivity index (χ1v) is 3.90. The van der Waals surface area contributed by atoms with Crippen LogP contribution in [0.15, 0.2) is 6.07 Å². The Balaban J connectivity index is 2.73. The summed E-state index contributed by atoms with van der Waals surface area (Å²) in [6.45, 7) is -1.19. The second-order valence-electron chi connectivity index (χ2n) is 2.62. The van der Waals surface area contributed by atoms with Crippen molar-refractivity contribution in [3.63, 3.8) is 0 Å². The fourth-order valence-electron chi connectivity index (χ4n) is 0.829. The Morgan fingerprint density at radius 3 is 2.67 bits per heavy atom. The van der Waals surface area contributed by atoms with Crippen LogP contribution in [-0.2, 0) is 0 Å². The van der Waals surface area contributed by atoms with Crippen LogP contribution >= 0.6 is 0 Å². The number of rotatable bonds is 3. The highest BCUT2D eigenvalue weighted by molar-refractivity contribution is 5.42. The molecule has 0 atom stereocenters. The van der Waals surface area contributed by atoms with Gasteiger partial charge >= 0.3 is 6.18 Å². The summed E-state index contributed by atoms with van der Waals surface area (Å²) in [5.41, 5.74) is 5.25. The third-order valence-electron chi connectivity index (χ3n) is 1.40. The lowest BCUT2D eigenvalue weighted by Crippen LogP contribution is -2.22. The lowest BCUT2D eigenvalue weighted by molar-refractivity contribution is -0.115. The van der Waals surface area contributed by atoms with Gasteiger partial charge in [-0.05, 0) is 0 Å². The fourth-order valence-corrected chi connectivity index (χ4v) is 0.829. The molecule has 0 radical (unpaired) electrons. The van der Waals surface area contributed by atoms with Gasteiger partial charge in [-0.2, -0.15) is 23.1 Å². The number of nitrogens with two attached hydrogens (primary N) is 1. The van der Waals surface area contributed by atoms with Crippen molar-refractivity contribution >= 4 is 11.8 Å². The quantitative estimate of drug-likeness (QED) is 0.799. The van der Waals surface area contributed by atoms with Crippen molar-refractivity contribution in [1.29, 1.82) is 0 Å². The molecule has 0 amide bonds. The Morgan fingerprint density at radius 1 is 1.47 bits per heavy atom. The number of anilines is 2. The van der Waals surface area contributed by atoms with Crippen molar-refractivity contribution in [2.75, 3.05) is 24.7 Å². The molecule has 0 aromatic carbocycles. The molecule has 15 heavy (non-hydrogen) atoms. The van der Waals surface area contributed by atoms with E-state index in [1.54, 1.807) is 0 Å². The number of methoxy groups -OCH3 is 1. The molecule has 0 saturated heterocycles. The number of aromatic nitrogens is 2. The molecule has 5 nitrogen and oxygen atoms in total. The van der Waals surface area contributed by atoms with Crippen LogP contribution in [0.3, 0.4) is 0 Å². The molecule has 1 aromatic heterocycles. The first kappa shape index (κ1) is 11.3. The third kappa shape index (κ3) is 3.88. The van der Waals surface area contributed by atoms with Gasteiger partial charge in [-0.25, -0.2) is 0 Å². The van der Waals surface area contributed by atoms with Gasteiger partial charge in [0.2, 0.25) is 11.8 Å². The van der Waals surface area contributed by atoms with E-state index < -0.39 is 12.7 Å². The van der Waals surface area contributed by atoms with E-state index >= 15 is 0 Å². The van der Waals surface area contributed by atoms with Crippen molar-refractivity contribution in [3.8, 4) is 5.88 Å². The van der Waals surface area contributed by atoms with E-state index in [9.17, 15) is 13.2 Å². The Bertz CT molecular complexity index is 341. The maximum absolute atomic E-state index is 11.9. The molecular weight excluding hydrogens is 213 g/mol. The highest BCUT2D eigenvalue weighted by Gasteiger charge is 2.26. The SMILES string of the molecule is COc1cc(NCC(F)(F)F)nc(N)n1. The van der Waals surface area contributed by atoms with Crippen LogP contribution in [0.25, 0.3) is 0 Å². The van der Waals surface area contributed by atoms with Crippen molar-refractivity contribution < 1.29 is 17.9 Å². The van der Waals surface area contributed by atoms with Crippen molar-refractivity contribution in [3.05, 3.63) is 6.07 Å². The zero-order chi connectivity index (χ0) is 11.5. The molecule has 1 heterocycles. The molecule has 1 aromatic rings. The van der Waals surface area contributed by atoms with Gasteiger partial charge < -0.3 is 15.8 Å². The van der Waals surface area contributed by atoms with E-state index in [2.05, 4.69) is 15.3 Å². The molecule has 0 aliphatic rings. The van der Waals surface area contributed by atoms with Gasteiger partial charge in [0.1, 0.15) is 12.4 Å². The summed E-state index contributed by atoms with van der Waals surface area (Å²) in [4.78, 5) is 7.18. The predicted molar refractivity (Wildman–Crippen MR) is 47.5 cm³/mol. The van der Waals surface area contributed by atoms with E-state index in [1.807, 2.05) is 0 Å². The minimum absolute atomic E-state index is 0.0309. The first-order valence-electron chi connectivity index (χ1n) is 3.90. The summed E-state index contributed by atoms with van der Waals surface area (Å²) in [5.74, 6) is -0.0807. The van der Waals surface area contributed by atoms with Gasteiger partial charge in [-0.1, -0.05) is 0 Å². The number of nitrogens with zero attached hydrogens (tertiary/aromatic N) is 2. The van der Waals surface area contributed by atoms with Crippen molar-refractivity contribution in [1.82, 2.24) is 9.97 Å². The van der Waals surface area contributed by atoms with Crippen molar-refractivity contribution in [2.45, 2.75) is 6.18 Å². The summed E-state index contributed by atoms with van der Waals surface area (Å²) < 4.78 is 40.3. The lowest BCUT2D eigenvalue weighted by atomic mass is 10.5. The standard InChI is InChI=1S/C7H9F3N4O/c1-15-5-2-4(13-6(11)14-5)12-3-7(8,9)10/h2H,3H2,1H3,(H3,11,12,13,14). The molecule has 8 heteroatoms. The van der Waals surface area contributed by atoms with E-state index in [0.717, 1.165) is 0 Å². The highest BCUT2D eigenvalue weighted by Crippen LogP contribution is 2.18. The average molecular weight is 222 g/mol. The molecule has 3 N–H and O–H groups in total. The number of nitrogen functional groups attached to an aromatic ring is 1. The predicted octanol–water partition coefficient (Wildman–Crippen LogP) is 1.04. The maximum Gasteiger partial charge on any atom is 0.405 e. The molecule has 0 bridgehead atoms. The highest BCUT2D eigenvalue weighted by atomic mass is 19.4.